The molecule has 2 aromatic rings. The van der Waals surface area contributed by atoms with Crippen molar-refractivity contribution in [3.05, 3.63) is 64.2 Å². The minimum Gasteiger partial charge on any atom is -0.497 e. The van der Waals surface area contributed by atoms with Crippen LogP contribution in [0.15, 0.2) is 48.5 Å². The molecule has 2 aliphatic heterocycles. The fourth-order valence-electron chi connectivity index (χ4n) is 4.04. The van der Waals surface area contributed by atoms with E-state index in [1.807, 2.05) is 29.2 Å². The fourth-order valence-corrected chi connectivity index (χ4v) is 5.37. The van der Waals surface area contributed by atoms with Crippen LogP contribution in [0, 0.1) is 10.1 Å². The van der Waals surface area contributed by atoms with Gasteiger partial charge in [0.1, 0.15) is 5.75 Å². The molecule has 2 heterocycles. The zero-order chi connectivity index (χ0) is 21.3. The molecule has 30 heavy (non-hydrogen) atoms. The van der Waals surface area contributed by atoms with E-state index >= 15 is 0 Å². The van der Waals surface area contributed by atoms with Crippen LogP contribution in [-0.2, 0) is 4.79 Å². The maximum atomic E-state index is 12.9. The quantitative estimate of drug-likeness (QED) is 0.549. The molecule has 4 rings (SSSR count). The molecular formula is C21H21N3O5S. The van der Waals surface area contributed by atoms with Crippen molar-refractivity contribution in [3.63, 3.8) is 0 Å². The number of carbonyl (C=O) groups is 2. The lowest BCUT2D eigenvalue weighted by Gasteiger charge is -2.44. The summed E-state index contributed by atoms with van der Waals surface area (Å²) in [6.45, 7) is 0.949. The van der Waals surface area contributed by atoms with Gasteiger partial charge in [-0.1, -0.05) is 12.1 Å². The van der Waals surface area contributed by atoms with Crippen LogP contribution in [0.25, 0.3) is 0 Å². The summed E-state index contributed by atoms with van der Waals surface area (Å²) in [5.41, 5.74) is 0.998. The monoisotopic (exact) mass is 427 g/mol. The predicted molar refractivity (Wildman–Crippen MR) is 114 cm³/mol. The number of rotatable bonds is 4. The van der Waals surface area contributed by atoms with Gasteiger partial charge in [0, 0.05) is 42.5 Å². The van der Waals surface area contributed by atoms with E-state index in [-0.39, 0.29) is 17.5 Å². The molecule has 2 fully saturated rings. The number of nitrogens with zero attached hydrogens (tertiary/aromatic N) is 3. The lowest BCUT2D eigenvalue weighted by Crippen LogP contribution is -2.53. The summed E-state index contributed by atoms with van der Waals surface area (Å²) >= 11 is 1.61. The fraction of sp³-hybridized carbons (Fsp3) is 0.333. The van der Waals surface area contributed by atoms with E-state index in [2.05, 4.69) is 0 Å². The van der Waals surface area contributed by atoms with Gasteiger partial charge in [-0.05, 0) is 31.0 Å². The molecule has 2 saturated heterocycles. The van der Waals surface area contributed by atoms with E-state index in [1.165, 1.54) is 18.2 Å². The molecule has 0 aliphatic carbocycles. The van der Waals surface area contributed by atoms with Crippen molar-refractivity contribution < 1.29 is 19.2 Å². The molecule has 0 aromatic heterocycles. The second kappa shape index (κ2) is 7.98. The smallest absolute Gasteiger partial charge is 0.270 e. The Kier molecular flexibility index (Phi) is 5.38. The summed E-state index contributed by atoms with van der Waals surface area (Å²) in [6.07, 6.45) is 1.25. The summed E-state index contributed by atoms with van der Waals surface area (Å²) in [6, 6.07) is 13.2. The second-order valence-electron chi connectivity index (χ2n) is 7.27. The van der Waals surface area contributed by atoms with Gasteiger partial charge in [-0.2, -0.15) is 0 Å². The van der Waals surface area contributed by atoms with Crippen molar-refractivity contribution in [1.29, 1.82) is 0 Å². The number of carbonyl (C=O) groups excluding carboxylic acids is 2. The average molecular weight is 427 g/mol. The zero-order valence-corrected chi connectivity index (χ0v) is 17.3. The highest BCUT2D eigenvalue weighted by Crippen LogP contribution is 2.47. The minimum absolute atomic E-state index is 0.0479. The third-order valence-corrected chi connectivity index (χ3v) is 7.09. The molecule has 0 saturated carbocycles. The Morgan fingerprint density at radius 2 is 1.90 bits per heavy atom. The molecule has 2 aliphatic rings. The lowest BCUT2D eigenvalue weighted by molar-refractivity contribution is -0.384. The summed E-state index contributed by atoms with van der Waals surface area (Å²) in [5, 5.41) is 11.0. The number of thioether (sulfide) groups is 1. The van der Waals surface area contributed by atoms with Crippen LogP contribution in [-0.4, -0.2) is 52.5 Å². The van der Waals surface area contributed by atoms with E-state index < -0.39 is 9.79 Å². The third-order valence-electron chi connectivity index (χ3n) is 5.57. The molecule has 0 unspecified atom stereocenters. The second-order valence-corrected chi connectivity index (χ2v) is 8.60. The number of non-ortho nitro benzene ring substituents is 1. The van der Waals surface area contributed by atoms with Crippen LogP contribution in [0.5, 0.6) is 5.75 Å². The standard InChI is InChI=1S/C21H21N3O5S/c1-29-18-7-3-5-16(13-18)23-19(25)14-30-21(23)8-10-22(11-9-21)20(26)15-4-2-6-17(12-15)24(27)28/h2-7,12-13H,8-11,14H2,1H3. The number of benzene rings is 2. The van der Waals surface area contributed by atoms with Crippen LogP contribution >= 0.6 is 11.8 Å². The number of anilines is 1. The van der Waals surface area contributed by atoms with E-state index in [0.717, 1.165) is 5.69 Å². The number of amides is 2. The molecule has 0 N–H and O–H groups in total. The first-order chi connectivity index (χ1) is 14.4. The van der Waals surface area contributed by atoms with Gasteiger partial charge in [-0.25, -0.2) is 0 Å². The van der Waals surface area contributed by atoms with E-state index in [4.69, 9.17) is 4.74 Å². The van der Waals surface area contributed by atoms with Gasteiger partial charge >= 0.3 is 0 Å². The highest BCUT2D eigenvalue weighted by atomic mass is 32.2. The highest BCUT2D eigenvalue weighted by Gasteiger charge is 2.49. The maximum absolute atomic E-state index is 12.9. The molecule has 0 radical (unpaired) electrons. The number of nitro groups is 1. The SMILES string of the molecule is COc1cccc(N2C(=O)CSC23CCN(C(=O)c2cccc([N+](=O)[O-])c2)CC3)c1. The molecule has 8 nitrogen and oxygen atoms in total. The number of piperidine rings is 1. The number of methoxy groups -OCH3 is 1. The van der Waals surface area contributed by atoms with Gasteiger partial charge in [0.25, 0.3) is 11.6 Å². The zero-order valence-electron chi connectivity index (χ0n) is 16.4. The van der Waals surface area contributed by atoms with Crippen LogP contribution in [0.3, 0.4) is 0 Å². The van der Waals surface area contributed by atoms with Gasteiger partial charge in [0.2, 0.25) is 5.91 Å². The van der Waals surface area contributed by atoms with Crippen molar-refractivity contribution in [2.24, 2.45) is 0 Å². The molecule has 0 bridgehead atoms. The lowest BCUT2D eigenvalue weighted by atomic mass is 10.00. The van der Waals surface area contributed by atoms with E-state index in [1.54, 1.807) is 29.8 Å². The predicted octanol–water partition coefficient (Wildman–Crippen LogP) is 3.32. The number of likely N-dealkylation sites (tertiary alicyclic amines) is 1. The van der Waals surface area contributed by atoms with E-state index in [0.29, 0.717) is 43.0 Å². The molecule has 9 heteroatoms. The number of ether oxygens (including phenoxy) is 1. The van der Waals surface area contributed by atoms with Crippen molar-refractivity contribution >= 4 is 35.0 Å². The van der Waals surface area contributed by atoms with Crippen LogP contribution in [0.1, 0.15) is 23.2 Å². The normalized spacial score (nSPS) is 18.0. The van der Waals surface area contributed by atoms with Crippen molar-refractivity contribution in [1.82, 2.24) is 4.90 Å². The number of hydrogen-bond donors (Lipinski definition) is 0. The number of hydrogen-bond acceptors (Lipinski definition) is 6. The van der Waals surface area contributed by atoms with Crippen LogP contribution in [0.2, 0.25) is 0 Å². The Bertz CT molecular complexity index is 1000. The third kappa shape index (κ3) is 3.60. The van der Waals surface area contributed by atoms with Crippen molar-refractivity contribution in [2.45, 2.75) is 17.7 Å². The van der Waals surface area contributed by atoms with Crippen molar-refractivity contribution in [2.75, 3.05) is 30.9 Å². The summed E-state index contributed by atoms with van der Waals surface area (Å²) in [4.78, 5) is 39.2. The van der Waals surface area contributed by atoms with Gasteiger partial charge in [0.05, 0.1) is 22.7 Å². The molecule has 156 valence electrons. The Hall–Kier alpha value is -3.07. The highest BCUT2D eigenvalue weighted by molar-refractivity contribution is 8.02. The Labute approximate surface area is 177 Å². The molecular weight excluding hydrogens is 406 g/mol. The molecule has 0 atom stereocenters. The summed E-state index contributed by atoms with van der Waals surface area (Å²) in [7, 11) is 1.59. The Balaban J connectivity index is 1.52. The molecule has 2 amide bonds. The average Bonchev–Trinajstić information content (AvgIpc) is 3.09. The first-order valence-electron chi connectivity index (χ1n) is 9.58. The minimum atomic E-state index is -0.505. The first-order valence-corrected chi connectivity index (χ1v) is 10.6. The van der Waals surface area contributed by atoms with E-state index in [9.17, 15) is 19.7 Å². The number of nitro benzene ring substituents is 1. The Morgan fingerprint density at radius 1 is 1.17 bits per heavy atom. The summed E-state index contributed by atoms with van der Waals surface area (Å²) < 4.78 is 5.30. The maximum Gasteiger partial charge on any atom is 0.270 e. The topological polar surface area (TPSA) is 93.0 Å². The van der Waals surface area contributed by atoms with Gasteiger partial charge in [-0.3, -0.25) is 24.6 Å². The largest absolute Gasteiger partial charge is 0.497 e. The van der Waals surface area contributed by atoms with Gasteiger partial charge < -0.3 is 9.64 Å². The van der Waals surface area contributed by atoms with Gasteiger partial charge in [-0.15, -0.1) is 11.8 Å². The molecule has 2 aromatic carbocycles. The van der Waals surface area contributed by atoms with Crippen LogP contribution < -0.4 is 9.64 Å². The Morgan fingerprint density at radius 3 is 2.60 bits per heavy atom. The molecule has 1 spiro atoms. The van der Waals surface area contributed by atoms with Crippen LogP contribution in [0.4, 0.5) is 11.4 Å². The summed E-state index contributed by atoms with van der Waals surface area (Å²) in [5.74, 6) is 0.906. The van der Waals surface area contributed by atoms with Crippen molar-refractivity contribution in [3.8, 4) is 5.75 Å². The van der Waals surface area contributed by atoms with Gasteiger partial charge in [0.15, 0.2) is 0 Å². The first kappa shape index (κ1) is 20.2.